The minimum atomic E-state index is -0.774. The lowest BCUT2D eigenvalue weighted by Gasteiger charge is -2.13. The summed E-state index contributed by atoms with van der Waals surface area (Å²) in [6.07, 6.45) is 1.44. The molecule has 0 spiro atoms. The van der Waals surface area contributed by atoms with Gasteiger partial charge in [-0.3, -0.25) is 9.59 Å². The van der Waals surface area contributed by atoms with E-state index in [0.29, 0.717) is 11.3 Å². The summed E-state index contributed by atoms with van der Waals surface area (Å²) >= 11 is 0. The Bertz CT molecular complexity index is 587. The van der Waals surface area contributed by atoms with Gasteiger partial charge in [0.15, 0.2) is 0 Å². The van der Waals surface area contributed by atoms with Crippen LogP contribution in [0.25, 0.3) is 0 Å². The van der Waals surface area contributed by atoms with Crippen LogP contribution < -0.4 is 5.32 Å². The molecule has 1 unspecified atom stereocenters. The number of hydrogen-bond acceptors (Lipinski definition) is 4. The van der Waals surface area contributed by atoms with E-state index >= 15 is 0 Å². The summed E-state index contributed by atoms with van der Waals surface area (Å²) in [4.78, 5) is 23.8. The van der Waals surface area contributed by atoms with Crippen LogP contribution in [-0.2, 0) is 4.79 Å². The maximum Gasteiger partial charge on any atom is 0.293 e. The third-order valence-electron chi connectivity index (χ3n) is 2.89. The highest BCUT2D eigenvalue weighted by atomic mass is 16.3. The van der Waals surface area contributed by atoms with Crippen LogP contribution in [0.1, 0.15) is 27.7 Å². The second-order valence-electron chi connectivity index (χ2n) is 4.42. The van der Waals surface area contributed by atoms with Gasteiger partial charge >= 0.3 is 0 Å². The Kier molecular flexibility index (Phi) is 4.32. The number of Topliss-reactive ketones (excluding diaryl/α,β-unsaturated/α-hetero) is 1. The minimum absolute atomic E-state index is 0.309. The van der Waals surface area contributed by atoms with E-state index in [1.54, 1.807) is 36.4 Å². The maximum absolute atomic E-state index is 12.0. The van der Waals surface area contributed by atoms with E-state index in [0.717, 1.165) is 5.56 Å². The number of ketones is 1. The van der Waals surface area contributed by atoms with Crippen LogP contribution in [-0.4, -0.2) is 23.4 Å². The lowest BCUT2D eigenvalue weighted by molar-refractivity contribution is -0.118. The van der Waals surface area contributed by atoms with Crippen LogP contribution in [0, 0.1) is 6.92 Å². The number of aryl methyl sites for hydroxylation is 1. The smallest absolute Gasteiger partial charge is 0.293 e. The van der Waals surface area contributed by atoms with E-state index in [-0.39, 0.29) is 6.61 Å². The zero-order valence-electron chi connectivity index (χ0n) is 11.0. The molecule has 0 saturated carbocycles. The van der Waals surface area contributed by atoms with Gasteiger partial charge in [-0.15, -0.1) is 0 Å². The first kappa shape index (κ1) is 14.0. The molecule has 0 aliphatic carbocycles. The molecule has 2 N–H and O–H groups in total. The van der Waals surface area contributed by atoms with Crippen LogP contribution in [0.15, 0.2) is 47.1 Å². The average molecular weight is 273 g/mol. The van der Waals surface area contributed by atoms with Crippen LogP contribution in [0.3, 0.4) is 0 Å². The number of rotatable bonds is 5. The fraction of sp³-hybridized carbons (Fsp3) is 0.200. The van der Waals surface area contributed by atoms with Crippen molar-refractivity contribution in [2.75, 3.05) is 6.61 Å². The van der Waals surface area contributed by atoms with Gasteiger partial charge in [-0.1, -0.05) is 29.8 Å². The highest BCUT2D eigenvalue weighted by Gasteiger charge is 2.22. The number of aliphatic hydroxyl groups is 1. The van der Waals surface area contributed by atoms with Crippen molar-refractivity contribution in [3.05, 3.63) is 59.5 Å². The molecular formula is C15H15NO4. The molecule has 1 amide bonds. The molecule has 5 heteroatoms. The minimum Gasteiger partial charge on any atom is -0.467 e. The lowest BCUT2D eigenvalue weighted by atomic mass is 10.1. The monoisotopic (exact) mass is 273 g/mol. The van der Waals surface area contributed by atoms with Gasteiger partial charge < -0.3 is 14.8 Å². The van der Waals surface area contributed by atoms with Crippen molar-refractivity contribution in [2.24, 2.45) is 0 Å². The Morgan fingerprint density at radius 2 is 1.95 bits per heavy atom. The van der Waals surface area contributed by atoms with E-state index in [2.05, 4.69) is 5.32 Å². The standard InChI is InChI=1S/C15H15NO4/c1-10-4-6-11(7-5-10)14(18)15(19)16-12(9-17)13-3-2-8-20-13/h2-8,12,17H,9H2,1H3,(H,16,19). The topological polar surface area (TPSA) is 79.5 Å². The Morgan fingerprint density at radius 3 is 2.50 bits per heavy atom. The third kappa shape index (κ3) is 3.13. The predicted octanol–water partition coefficient (Wildman–Crippen LogP) is 1.62. The summed E-state index contributed by atoms with van der Waals surface area (Å²) in [5, 5.41) is 11.7. The SMILES string of the molecule is Cc1ccc(C(=O)C(=O)NC(CO)c2ccco2)cc1. The first-order valence-corrected chi connectivity index (χ1v) is 6.18. The highest BCUT2D eigenvalue weighted by molar-refractivity contribution is 6.42. The van der Waals surface area contributed by atoms with Crippen molar-refractivity contribution in [2.45, 2.75) is 13.0 Å². The van der Waals surface area contributed by atoms with Gasteiger partial charge in [0, 0.05) is 5.56 Å². The van der Waals surface area contributed by atoms with Crippen molar-refractivity contribution in [3.8, 4) is 0 Å². The summed E-state index contributed by atoms with van der Waals surface area (Å²) in [6.45, 7) is 1.55. The quantitative estimate of drug-likeness (QED) is 0.641. The molecule has 0 aliphatic heterocycles. The molecule has 1 aromatic carbocycles. The lowest BCUT2D eigenvalue weighted by Crippen LogP contribution is -2.35. The van der Waals surface area contributed by atoms with Gasteiger partial charge in [0.25, 0.3) is 5.91 Å². The zero-order chi connectivity index (χ0) is 14.5. The van der Waals surface area contributed by atoms with Crippen molar-refractivity contribution >= 4 is 11.7 Å². The van der Waals surface area contributed by atoms with E-state index in [4.69, 9.17) is 4.42 Å². The number of hydrogen-bond donors (Lipinski definition) is 2. The first-order chi connectivity index (χ1) is 9.61. The fourth-order valence-corrected chi connectivity index (χ4v) is 1.76. The maximum atomic E-state index is 12.0. The highest BCUT2D eigenvalue weighted by Crippen LogP contribution is 2.13. The van der Waals surface area contributed by atoms with E-state index in [1.807, 2.05) is 6.92 Å². The number of nitrogens with one attached hydrogen (secondary N) is 1. The molecular weight excluding hydrogens is 258 g/mol. The van der Waals surface area contributed by atoms with Crippen molar-refractivity contribution in [1.29, 1.82) is 0 Å². The van der Waals surface area contributed by atoms with Gasteiger partial charge in [0.2, 0.25) is 5.78 Å². The van der Waals surface area contributed by atoms with Crippen molar-refractivity contribution < 1.29 is 19.1 Å². The summed E-state index contributed by atoms with van der Waals surface area (Å²) in [7, 11) is 0. The number of furan rings is 1. The molecule has 1 aromatic heterocycles. The second-order valence-corrected chi connectivity index (χ2v) is 4.42. The van der Waals surface area contributed by atoms with Gasteiger partial charge in [0.05, 0.1) is 12.9 Å². The Morgan fingerprint density at radius 1 is 1.25 bits per heavy atom. The molecule has 0 bridgehead atoms. The van der Waals surface area contributed by atoms with Gasteiger partial charge in [0.1, 0.15) is 11.8 Å². The van der Waals surface area contributed by atoms with E-state index in [1.165, 1.54) is 6.26 Å². The Labute approximate surface area is 116 Å². The fourth-order valence-electron chi connectivity index (χ4n) is 1.76. The van der Waals surface area contributed by atoms with Gasteiger partial charge in [-0.25, -0.2) is 0 Å². The molecule has 2 aromatic rings. The molecule has 0 aliphatic rings. The van der Waals surface area contributed by atoms with Crippen molar-refractivity contribution in [3.63, 3.8) is 0 Å². The van der Waals surface area contributed by atoms with Crippen LogP contribution in [0.5, 0.6) is 0 Å². The van der Waals surface area contributed by atoms with Gasteiger partial charge in [-0.05, 0) is 19.1 Å². The van der Waals surface area contributed by atoms with Gasteiger partial charge in [-0.2, -0.15) is 0 Å². The molecule has 0 fully saturated rings. The summed E-state index contributed by atoms with van der Waals surface area (Å²) in [6, 6.07) is 9.25. The van der Waals surface area contributed by atoms with Crippen LogP contribution in [0.2, 0.25) is 0 Å². The zero-order valence-corrected chi connectivity index (χ0v) is 11.0. The summed E-state index contributed by atoms with van der Waals surface area (Å²) in [5.41, 5.74) is 1.31. The summed E-state index contributed by atoms with van der Waals surface area (Å²) < 4.78 is 5.10. The number of carbonyl (C=O) groups is 2. The van der Waals surface area contributed by atoms with Crippen LogP contribution >= 0.6 is 0 Å². The predicted molar refractivity (Wildman–Crippen MR) is 72.2 cm³/mol. The molecule has 0 radical (unpaired) electrons. The molecule has 2 rings (SSSR count). The molecule has 20 heavy (non-hydrogen) atoms. The number of carbonyl (C=O) groups excluding carboxylic acids is 2. The number of benzene rings is 1. The number of aliphatic hydroxyl groups excluding tert-OH is 1. The molecule has 104 valence electrons. The Balaban J connectivity index is 2.07. The first-order valence-electron chi connectivity index (χ1n) is 6.18. The molecule has 1 atom stereocenters. The van der Waals surface area contributed by atoms with E-state index < -0.39 is 17.7 Å². The molecule has 5 nitrogen and oxygen atoms in total. The molecule has 1 heterocycles. The third-order valence-corrected chi connectivity index (χ3v) is 2.89. The largest absolute Gasteiger partial charge is 0.467 e. The van der Waals surface area contributed by atoms with Crippen LogP contribution in [0.4, 0.5) is 0 Å². The normalized spacial score (nSPS) is 11.9. The number of amides is 1. The average Bonchev–Trinajstić information content (AvgIpc) is 2.98. The van der Waals surface area contributed by atoms with E-state index in [9.17, 15) is 14.7 Å². The second kappa shape index (κ2) is 6.16. The Hall–Kier alpha value is -2.40. The van der Waals surface area contributed by atoms with Crippen molar-refractivity contribution in [1.82, 2.24) is 5.32 Å². The summed E-state index contributed by atoms with van der Waals surface area (Å²) in [5.74, 6) is -1.02. The molecule has 0 saturated heterocycles.